The fourth-order valence-electron chi connectivity index (χ4n) is 1.42. The van der Waals surface area contributed by atoms with Crippen LogP contribution in [-0.2, 0) is 21.0 Å². The number of hydrogen-bond donors (Lipinski definition) is 2. The summed E-state index contributed by atoms with van der Waals surface area (Å²) in [5.74, 6) is 0. The molecule has 1 rings (SSSR count). The summed E-state index contributed by atoms with van der Waals surface area (Å²) in [6, 6.07) is 9.68. The number of aldehydes is 2. The highest BCUT2D eigenvalue weighted by Gasteiger charge is 2.03. The number of hydrogen-bond acceptors (Lipinski definition) is 10. The molecular weight excluding hydrogens is 386 g/mol. The minimum absolute atomic E-state index is 0.0208. The number of allylic oxidation sites excluding steroid dienone is 2. The maximum absolute atomic E-state index is 9.93. The molecule has 0 amide bonds. The van der Waals surface area contributed by atoms with Crippen LogP contribution in [0.2, 0.25) is 0 Å². The summed E-state index contributed by atoms with van der Waals surface area (Å²) in [5.41, 5.74) is 5.93. The van der Waals surface area contributed by atoms with Crippen molar-refractivity contribution in [2.75, 3.05) is 20.2 Å². The second kappa shape index (κ2) is 17.5. The molecule has 0 aliphatic rings. The maximum Gasteiger partial charge on any atom is 0.294 e. The van der Waals surface area contributed by atoms with Gasteiger partial charge in [0.1, 0.15) is 6.61 Å². The number of carbonyl (C=O) groups excluding carboxylic acids is 2. The largest absolute Gasteiger partial charge is 0.329 e. The molecule has 0 atom stereocenters. The van der Waals surface area contributed by atoms with Crippen molar-refractivity contribution in [2.24, 2.45) is 5.73 Å². The topological polar surface area (TPSA) is 191 Å². The molecule has 1 aromatic rings. The lowest BCUT2D eigenvalue weighted by molar-refractivity contribution is -0.757. The number of rotatable bonds is 9. The third-order valence-corrected chi connectivity index (χ3v) is 2.59. The predicted molar refractivity (Wildman–Crippen MR) is 102 cm³/mol. The lowest BCUT2D eigenvalue weighted by Crippen LogP contribution is -2.11. The van der Waals surface area contributed by atoms with E-state index >= 15 is 0 Å². The van der Waals surface area contributed by atoms with Gasteiger partial charge in [-0.3, -0.25) is 19.7 Å². The van der Waals surface area contributed by atoms with Gasteiger partial charge in [-0.25, -0.2) is 0 Å². The number of nitrogens with two attached hydrogens (primary N) is 1. The Kier molecular flexibility index (Phi) is 16.4. The van der Waals surface area contributed by atoms with Crippen LogP contribution in [0.15, 0.2) is 48.2 Å². The number of nitrogens with one attached hydrogen (secondary N) is 1. The molecule has 3 N–H and O–H groups in total. The summed E-state index contributed by atoms with van der Waals surface area (Å²) in [6.07, 6.45) is 1.25. The Morgan fingerprint density at radius 1 is 1.34 bits per heavy atom. The Labute approximate surface area is 166 Å². The van der Waals surface area contributed by atoms with Crippen molar-refractivity contribution in [3.63, 3.8) is 0 Å². The van der Waals surface area contributed by atoms with Crippen LogP contribution >= 0.6 is 0 Å². The van der Waals surface area contributed by atoms with Crippen LogP contribution in [0.5, 0.6) is 0 Å². The summed E-state index contributed by atoms with van der Waals surface area (Å²) in [6.45, 7) is 3.97. The molecule has 0 aliphatic heterocycles. The Hall–Kier alpha value is -3.95. The van der Waals surface area contributed by atoms with E-state index in [9.17, 15) is 29.8 Å². The van der Waals surface area contributed by atoms with Gasteiger partial charge in [-0.1, -0.05) is 12.1 Å². The highest BCUT2D eigenvalue weighted by Crippen LogP contribution is 2.02. The maximum atomic E-state index is 9.93. The van der Waals surface area contributed by atoms with Crippen molar-refractivity contribution in [1.82, 2.24) is 5.32 Å². The molecule has 0 fully saturated rings. The summed E-state index contributed by atoms with van der Waals surface area (Å²) >= 11 is 0. The Balaban J connectivity index is 0. The van der Waals surface area contributed by atoms with Gasteiger partial charge in [0, 0.05) is 19.2 Å². The van der Waals surface area contributed by atoms with Gasteiger partial charge in [0.25, 0.3) is 10.8 Å². The lowest BCUT2D eigenvalue weighted by Gasteiger charge is -1.98. The molecular formula is C17H21N5O7. The first kappa shape index (κ1) is 27.3. The van der Waals surface area contributed by atoms with Crippen LogP contribution in [-0.4, -0.2) is 42.8 Å². The van der Waals surface area contributed by atoms with Gasteiger partial charge in [0.05, 0.1) is 22.1 Å². The molecule has 29 heavy (non-hydrogen) atoms. The minimum Gasteiger partial charge on any atom is -0.329 e. The van der Waals surface area contributed by atoms with E-state index in [-0.39, 0.29) is 31.3 Å². The smallest absolute Gasteiger partial charge is 0.294 e. The molecule has 0 heterocycles. The average Bonchev–Trinajstić information content (AvgIpc) is 2.71. The number of nitro groups is 1. The molecule has 0 saturated heterocycles. The van der Waals surface area contributed by atoms with Crippen molar-refractivity contribution >= 4 is 12.6 Å². The highest BCUT2D eigenvalue weighted by atomic mass is 16.9. The molecule has 12 heteroatoms. The van der Waals surface area contributed by atoms with Crippen LogP contribution in [0.25, 0.3) is 0 Å². The lowest BCUT2D eigenvalue weighted by atomic mass is 10.1. The average molecular weight is 407 g/mol. The summed E-state index contributed by atoms with van der Waals surface area (Å²) in [4.78, 5) is 42.0. The van der Waals surface area contributed by atoms with E-state index < -0.39 is 15.7 Å². The number of carbonyl (C=O) groups is 2. The summed E-state index contributed by atoms with van der Waals surface area (Å²) < 4.78 is 0. The van der Waals surface area contributed by atoms with Gasteiger partial charge in [0.2, 0.25) is 0 Å². The van der Waals surface area contributed by atoms with Crippen LogP contribution < -0.4 is 11.1 Å². The van der Waals surface area contributed by atoms with Gasteiger partial charge in [-0.15, -0.1) is 10.1 Å². The second-order valence-electron chi connectivity index (χ2n) is 4.82. The van der Waals surface area contributed by atoms with E-state index in [4.69, 9.17) is 11.0 Å². The van der Waals surface area contributed by atoms with Crippen molar-refractivity contribution < 1.29 is 24.4 Å². The van der Waals surface area contributed by atoms with E-state index in [1.807, 2.05) is 25.2 Å². The Morgan fingerprint density at radius 3 is 2.34 bits per heavy atom. The van der Waals surface area contributed by atoms with Crippen LogP contribution in [0.3, 0.4) is 0 Å². The summed E-state index contributed by atoms with van der Waals surface area (Å²) in [7, 11) is 1.89. The standard InChI is InChI=1S/C9H10N2.C6H5NO4.C2H6N2O3/c1-11-7-9-4-2-3-8(5-9)6-10;1-5(7(10)11)2-6(3-8)4-9;3-1-2-7-4(5)6/h2-5,11H,7H2,1H3;2-4H,1H2;1-3H2. The SMILES string of the molecule is C=C(C=C(C=O)C=O)[N+](=O)[O-].CNCc1cccc(C#N)c1.NCCO[N+](=O)[O-]. The van der Waals surface area contributed by atoms with Crippen molar-refractivity contribution in [3.05, 3.63) is 79.5 Å². The van der Waals surface area contributed by atoms with Crippen molar-refractivity contribution in [3.8, 4) is 6.07 Å². The Morgan fingerprint density at radius 2 is 1.97 bits per heavy atom. The predicted octanol–water partition coefficient (Wildman–Crippen LogP) is 0.532. The molecule has 0 spiro atoms. The molecule has 1 aromatic carbocycles. The molecule has 0 saturated carbocycles. The van der Waals surface area contributed by atoms with Crippen LogP contribution in [0, 0.1) is 31.6 Å². The molecule has 12 nitrogen and oxygen atoms in total. The molecule has 0 radical (unpaired) electrons. The summed E-state index contributed by atoms with van der Waals surface area (Å²) in [5, 5.41) is 29.9. The van der Waals surface area contributed by atoms with E-state index in [1.54, 1.807) is 6.07 Å². The minimum atomic E-state index is -0.868. The van der Waals surface area contributed by atoms with Crippen LogP contribution in [0.4, 0.5) is 0 Å². The quantitative estimate of drug-likeness (QED) is 0.111. The van der Waals surface area contributed by atoms with Gasteiger partial charge in [-0.2, -0.15) is 5.26 Å². The van der Waals surface area contributed by atoms with Crippen LogP contribution in [0.1, 0.15) is 11.1 Å². The number of benzene rings is 1. The fourth-order valence-corrected chi connectivity index (χ4v) is 1.42. The molecule has 0 aliphatic carbocycles. The van der Waals surface area contributed by atoms with Gasteiger partial charge in [0.15, 0.2) is 12.6 Å². The number of nitrogens with zero attached hydrogens (tertiary/aromatic N) is 3. The molecule has 0 aromatic heterocycles. The normalized spacial score (nSPS) is 8.45. The molecule has 156 valence electrons. The van der Waals surface area contributed by atoms with E-state index in [0.717, 1.165) is 23.7 Å². The molecule has 0 bridgehead atoms. The first-order valence-electron chi connectivity index (χ1n) is 7.82. The zero-order chi connectivity index (χ0) is 22.7. The van der Waals surface area contributed by atoms with Gasteiger partial charge >= 0.3 is 0 Å². The fraction of sp³-hybridized carbons (Fsp3) is 0.235. The number of nitriles is 1. The van der Waals surface area contributed by atoms with Gasteiger partial charge in [-0.05, 0) is 31.3 Å². The Bertz CT molecular complexity index is 762. The van der Waals surface area contributed by atoms with Gasteiger partial charge < -0.3 is 15.9 Å². The zero-order valence-electron chi connectivity index (χ0n) is 15.6. The van der Waals surface area contributed by atoms with Crippen molar-refractivity contribution in [1.29, 1.82) is 5.26 Å². The van der Waals surface area contributed by atoms with E-state index in [1.165, 1.54) is 0 Å². The van der Waals surface area contributed by atoms with Crippen molar-refractivity contribution in [2.45, 2.75) is 6.54 Å². The second-order valence-corrected chi connectivity index (χ2v) is 4.82. The van der Waals surface area contributed by atoms with E-state index in [2.05, 4.69) is 22.8 Å². The first-order chi connectivity index (χ1) is 13.7. The monoisotopic (exact) mass is 407 g/mol. The third-order valence-electron chi connectivity index (χ3n) is 2.59. The highest BCUT2D eigenvalue weighted by molar-refractivity contribution is 5.99. The zero-order valence-corrected chi connectivity index (χ0v) is 15.6. The van der Waals surface area contributed by atoms with E-state index in [0.29, 0.717) is 0 Å². The molecule has 0 unspecified atom stereocenters. The third kappa shape index (κ3) is 16.0. The first-order valence-corrected chi connectivity index (χ1v) is 7.82.